The SMILES string of the molecule is Cc1nc(-c2cn(COCC[Si](C)(C)C)c3ncc(OC4CCN(C(=O)O)CC4)nc23)n[nH]1. The first-order chi connectivity index (χ1) is 15.7. The van der Waals surface area contributed by atoms with E-state index in [0.29, 0.717) is 68.0 Å². The molecule has 1 fully saturated rings. The largest absolute Gasteiger partial charge is 0.473 e. The van der Waals surface area contributed by atoms with E-state index >= 15 is 0 Å². The molecule has 0 unspecified atom stereocenters. The molecule has 3 aromatic heterocycles. The van der Waals surface area contributed by atoms with Gasteiger partial charge in [0.2, 0.25) is 5.88 Å². The van der Waals surface area contributed by atoms with Crippen LogP contribution in [0.3, 0.4) is 0 Å². The monoisotopic (exact) mass is 473 g/mol. The Balaban J connectivity index is 1.54. The molecule has 178 valence electrons. The third kappa shape index (κ3) is 5.68. The number of hydrogen-bond acceptors (Lipinski definition) is 7. The fourth-order valence-electron chi connectivity index (χ4n) is 3.69. The smallest absolute Gasteiger partial charge is 0.407 e. The molecule has 0 atom stereocenters. The average Bonchev–Trinajstić information content (AvgIpc) is 3.34. The highest BCUT2D eigenvalue weighted by atomic mass is 28.3. The van der Waals surface area contributed by atoms with Crippen molar-refractivity contribution < 1.29 is 19.4 Å². The summed E-state index contributed by atoms with van der Waals surface area (Å²) in [6.45, 7) is 10.8. The number of amides is 1. The molecule has 1 aliphatic rings. The van der Waals surface area contributed by atoms with Crippen LogP contribution >= 0.6 is 0 Å². The van der Waals surface area contributed by atoms with Gasteiger partial charge in [-0.25, -0.2) is 19.7 Å². The average molecular weight is 474 g/mol. The van der Waals surface area contributed by atoms with Gasteiger partial charge in [0.25, 0.3) is 0 Å². The van der Waals surface area contributed by atoms with Crippen LogP contribution in [-0.2, 0) is 11.5 Å². The molecule has 4 rings (SSSR count). The predicted molar refractivity (Wildman–Crippen MR) is 125 cm³/mol. The van der Waals surface area contributed by atoms with E-state index in [9.17, 15) is 4.79 Å². The van der Waals surface area contributed by atoms with Gasteiger partial charge >= 0.3 is 6.09 Å². The molecule has 4 heterocycles. The lowest BCUT2D eigenvalue weighted by Gasteiger charge is -2.29. The summed E-state index contributed by atoms with van der Waals surface area (Å²) in [5.41, 5.74) is 2.07. The number of aromatic nitrogens is 6. The number of likely N-dealkylation sites (tertiary alicyclic amines) is 1. The number of piperidine rings is 1. The van der Waals surface area contributed by atoms with Gasteiger partial charge in [0, 0.05) is 46.8 Å². The second kappa shape index (κ2) is 9.47. The summed E-state index contributed by atoms with van der Waals surface area (Å²) < 4.78 is 13.9. The zero-order valence-corrected chi connectivity index (χ0v) is 20.5. The summed E-state index contributed by atoms with van der Waals surface area (Å²) in [5.74, 6) is 1.66. The van der Waals surface area contributed by atoms with E-state index in [4.69, 9.17) is 19.6 Å². The van der Waals surface area contributed by atoms with Gasteiger partial charge in [-0.1, -0.05) is 19.6 Å². The number of carbonyl (C=O) groups is 1. The van der Waals surface area contributed by atoms with Crippen LogP contribution in [0.4, 0.5) is 4.79 Å². The number of aromatic amines is 1. The van der Waals surface area contributed by atoms with E-state index < -0.39 is 14.2 Å². The number of carboxylic acid groups (broad SMARTS) is 1. The van der Waals surface area contributed by atoms with Gasteiger partial charge < -0.3 is 24.0 Å². The summed E-state index contributed by atoms with van der Waals surface area (Å²) >= 11 is 0. The lowest BCUT2D eigenvalue weighted by Crippen LogP contribution is -2.41. The molecule has 11 nitrogen and oxygen atoms in total. The van der Waals surface area contributed by atoms with Crippen molar-refractivity contribution in [3.63, 3.8) is 0 Å². The summed E-state index contributed by atoms with van der Waals surface area (Å²) in [4.78, 5) is 26.3. The quantitative estimate of drug-likeness (QED) is 0.376. The van der Waals surface area contributed by atoms with Crippen molar-refractivity contribution >= 4 is 25.3 Å². The third-order valence-corrected chi connectivity index (χ3v) is 7.31. The van der Waals surface area contributed by atoms with Crippen molar-refractivity contribution in [3.8, 4) is 17.3 Å². The van der Waals surface area contributed by atoms with Gasteiger partial charge in [-0.05, 0) is 13.0 Å². The van der Waals surface area contributed by atoms with Crippen molar-refractivity contribution in [1.29, 1.82) is 0 Å². The Morgan fingerprint density at radius 3 is 2.67 bits per heavy atom. The number of fused-ring (bicyclic) bond motifs is 1. The van der Waals surface area contributed by atoms with Crippen LogP contribution in [0.15, 0.2) is 12.4 Å². The van der Waals surface area contributed by atoms with E-state index in [1.807, 2.05) is 17.7 Å². The molecule has 2 N–H and O–H groups in total. The minimum absolute atomic E-state index is 0.103. The van der Waals surface area contributed by atoms with Crippen LogP contribution in [0.25, 0.3) is 22.6 Å². The zero-order chi connectivity index (χ0) is 23.6. The van der Waals surface area contributed by atoms with Gasteiger partial charge in [-0.3, -0.25) is 5.10 Å². The van der Waals surface area contributed by atoms with Gasteiger partial charge in [0.1, 0.15) is 24.2 Å². The molecular formula is C21H31N7O4Si. The van der Waals surface area contributed by atoms with Crippen molar-refractivity contribution in [3.05, 3.63) is 18.2 Å². The van der Waals surface area contributed by atoms with Crippen LogP contribution in [-0.4, -0.2) is 79.7 Å². The maximum Gasteiger partial charge on any atom is 0.407 e. The molecule has 1 aliphatic heterocycles. The number of nitrogens with zero attached hydrogens (tertiary/aromatic N) is 6. The van der Waals surface area contributed by atoms with Crippen molar-refractivity contribution in [2.75, 3.05) is 19.7 Å². The standard InChI is InChI=1S/C21H31N7O4Si/c1-14-23-19(26-25-14)16-12-28(13-31-9-10-33(2,3)4)20-18(16)24-17(11-22-20)32-15-5-7-27(8-6-15)21(29)30/h11-12,15H,5-10,13H2,1-4H3,(H,29,30)(H,23,25,26). The molecule has 0 saturated carbocycles. The molecule has 0 spiro atoms. The fourth-order valence-corrected chi connectivity index (χ4v) is 4.45. The maximum absolute atomic E-state index is 11.1. The summed E-state index contributed by atoms with van der Waals surface area (Å²) in [7, 11) is -1.17. The minimum atomic E-state index is -1.17. The fraction of sp³-hybridized carbons (Fsp3) is 0.571. The Kier molecular flexibility index (Phi) is 6.65. The molecule has 12 heteroatoms. The van der Waals surface area contributed by atoms with Gasteiger partial charge in [0.15, 0.2) is 11.5 Å². The molecular weight excluding hydrogens is 442 g/mol. The van der Waals surface area contributed by atoms with Crippen LogP contribution in [0.5, 0.6) is 5.88 Å². The number of aryl methyl sites for hydroxylation is 1. The molecule has 0 aliphatic carbocycles. The van der Waals surface area contributed by atoms with Crippen molar-refractivity contribution in [2.45, 2.75) is 58.3 Å². The van der Waals surface area contributed by atoms with E-state index in [2.05, 4.69) is 39.8 Å². The van der Waals surface area contributed by atoms with Crippen molar-refractivity contribution in [1.82, 2.24) is 34.6 Å². The number of ether oxygens (including phenoxy) is 2. The zero-order valence-electron chi connectivity index (χ0n) is 19.5. The van der Waals surface area contributed by atoms with Gasteiger partial charge in [-0.2, -0.15) is 5.10 Å². The lowest BCUT2D eigenvalue weighted by atomic mass is 10.1. The second-order valence-corrected chi connectivity index (χ2v) is 15.2. The minimum Gasteiger partial charge on any atom is -0.473 e. The Labute approximate surface area is 193 Å². The van der Waals surface area contributed by atoms with Crippen LogP contribution in [0.1, 0.15) is 18.7 Å². The van der Waals surface area contributed by atoms with E-state index in [1.165, 1.54) is 4.90 Å². The first kappa shape index (κ1) is 23.2. The van der Waals surface area contributed by atoms with E-state index in [1.54, 1.807) is 6.20 Å². The number of rotatable bonds is 8. The summed E-state index contributed by atoms with van der Waals surface area (Å²) in [6.07, 6.45) is 3.76. The van der Waals surface area contributed by atoms with Crippen LogP contribution in [0, 0.1) is 6.92 Å². The molecule has 0 bridgehead atoms. The Bertz CT molecular complexity index is 1120. The maximum atomic E-state index is 11.1. The number of hydrogen-bond donors (Lipinski definition) is 2. The first-order valence-corrected chi connectivity index (χ1v) is 14.9. The summed E-state index contributed by atoms with van der Waals surface area (Å²) in [5, 5.41) is 16.3. The normalized spacial score (nSPS) is 15.3. The highest BCUT2D eigenvalue weighted by Crippen LogP contribution is 2.28. The lowest BCUT2D eigenvalue weighted by molar-refractivity contribution is 0.0865. The third-order valence-electron chi connectivity index (χ3n) is 5.61. The van der Waals surface area contributed by atoms with Crippen LogP contribution < -0.4 is 4.74 Å². The molecule has 33 heavy (non-hydrogen) atoms. The van der Waals surface area contributed by atoms with Crippen LogP contribution in [0.2, 0.25) is 25.7 Å². The van der Waals surface area contributed by atoms with Gasteiger partial charge in [0.05, 0.1) is 11.8 Å². The number of H-pyrrole nitrogens is 1. The van der Waals surface area contributed by atoms with E-state index in [-0.39, 0.29) is 6.10 Å². The molecule has 1 amide bonds. The molecule has 0 radical (unpaired) electrons. The topological polar surface area (TPSA) is 131 Å². The molecule has 1 saturated heterocycles. The first-order valence-electron chi connectivity index (χ1n) is 11.2. The Morgan fingerprint density at radius 1 is 1.27 bits per heavy atom. The molecule has 3 aromatic rings. The number of nitrogens with one attached hydrogen (secondary N) is 1. The van der Waals surface area contributed by atoms with Crippen molar-refractivity contribution in [2.24, 2.45) is 0 Å². The second-order valence-electron chi connectivity index (χ2n) is 9.57. The highest BCUT2D eigenvalue weighted by molar-refractivity contribution is 6.76. The highest BCUT2D eigenvalue weighted by Gasteiger charge is 2.25. The van der Waals surface area contributed by atoms with E-state index in [0.717, 1.165) is 11.6 Å². The predicted octanol–water partition coefficient (Wildman–Crippen LogP) is 3.36. The summed E-state index contributed by atoms with van der Waals surface area (Å²) in [6, 6.07) is 1.09. The Morgan fingerprint density at radius 2 is 2.03 bits per heavy atom. The molecule has 0 aromatic carbocycles. The Hall–Kier alpha value is -2.99. The van der Waals surface area contributed by atoms with Gasteiger partial charge in [-0.15, -0.1) is 0 Å².